The van der Waals surface area contributed by atoms with Crippen LogP contribution >= 0.6 is 0 Å². The predicted molar refractivity (Wildman–Crippen MR) is 83.7 cm³/mol. The van der Waals surface area contributed by atoms with Crippen LogP contribution in [0.25, 0.3) is 0 Å². The van der Waals surface area contributed by atoms with Crippen molar-refractivity contribution in [1.29, 1.82) is 0 Å². The Morgan fingerprint density at radius 2 is 1.65 bits per heavy atom. The van der Waals surface area contributed by atoms with Crippen LogP contribution in [0, 0.1) is 5.82 Å². The van der Waals surface area contributed by atoms with Gasteiger partial charge in [0, 0.05) is 24.5 Å². The number of hydrogen-bond acceptors (Lipinski definition) is 1. The van der Waals surface area contributed by atoms with E-state index < -0.39 is 0 Å². The summed E-state index contributed by atoms with van der Waals surface area (Å²) in [6.45, 7) is 11.2. The minimum Gasteiger partial charge on any atom is -0.356 e. The average molecular weight is 279 g/mol. The first-order valence-corrected chi connectivity index (χ1v) is 6.89. The molecule has 0 saturated carbocycles. The molecule has 112 valence electrons. The Kier molecular flexibility index (Phi) is 5.15. The maximum absolute atomic E-state index is 13.0. The van der Waals surface area contributed by atoms with Crippen LogP contribution in [-0.2, 0) is 5.41 Å². The van der Waals surface area contributed by atoms with Crippen molar-refractivity contribution >= 4 is 5.96 Å². The summed E-state index contributed by atoms with van der Waals surface area (Å²) in [5.74, 6) is 0.565. The van der Waals surface area contributed by atoms with Crippen molar-refractivity contribution in [3.8, 4) is 0 Å². The zero-order chi connectivity index (χ0) is 15.4. The minimum atomic E-state index is -0.206. The first-order valence-electron chi connectivity index (χ1n) is 6.89. The molecule has 0 unspecified atom stereocenters. The van der Waals surface area contributed by atoms with Gasteiger partial charge in [-0.15, -0.1) is 0 Å². The molecule has 0 heterocycles. The molecule has 0 fully saturated rings. The van der Waals surface area contributed by atoms with Crippen LogP contribution in [0.1, 0.15) is 40.2 Å². The number of nitrogens with one attached hydrogen (secondary N) is 2. The van der Waals surface area contributed by atoms with E-state index in [0.29, 0.717) is 6.54 Å². The Morgan fingerprint density at radius 1 is 1.10 bits per heavy atom. The lowest BCUT2D eigenvalue weighted by molar-refractivity contribution is 0.476. The molecule has 0 aromatic heterocycles. The molecule has 1 aromatic carbocycles. The summed E-state index contributed by atoms with van der Waals surface area (Å²) in [6.07, 6.45) is 0. The van der Waals surface area contributed by atoms with Gasteiger partial charge in [0.1, 0.15) is 5.82 Å². The second-order valence-corrected chi connectivity index (χ2v) is 6.69. The van der Waals surface area contributed by atoms with E-state index in [2.05, 4.69) is 50.2 Å². The van der Waals surface area contributed by atoms with Crippen molar-refractivity contribution in [2.24, 2.45) is 4.99 Å². The lowest BCUT2D eigenvalue weighted by atomic mass is 9.84. The largest absolute Gasteiger partial charge is 0.356 e. The molecule has 0 aliphatic heterocycles. The third-order valence-electron chi connectivity index (χ3n) is 3.04. The first kappa shape index (κ1) is 16.5. The number of benzene rings is 1. The SMILES string of the molecule is CN=C(NCC(C)(C)c1ccc(F)cc1)NC(C)(C)C. The van der Waals surface area contributed by atoms with Gasteiger partial charge in [0.15, 0.2) is 5.96 Å². The van der Waals surface area contributed by atoms with Gasteiger partial charge in [-0.25, -0.2) is 4.39 Å². The molecule has 2 N–H and O–H groups in total. The highest BCUT2D eigenvalue weighted by molar-refractivity contribution is 5.80. The molecule has 0 saturated heterocycles. The molecule has 0 bridgehead atoms. The van der Waals surface area contributed by atoms with E-state index in [-0.39, 0.29) is 16.8 Å². The van der Waals surface area contributed by atoms with Crippen LogP contribution in [0.15, 0.2) is 29.3 Å². The quantitative estimate of drug-likeness (QED) is 0.659. The standard InChI is InChI=1S/C16H26FN3/c1-15(2,3)20-14(18-6)19-11-16(4,5)12-7-9-13(17)10-8-12/h7-10H,11H2,1-6H3,(H2,18,19,20). The molecule has 0 aliphatic rings. The lowest BCUT2D eigenvalue weighted by Crippen LogP contribution is -2.50. The van der Waals surface area contributed by atoms with Crippen LogP contribution in [-0.4, -0.2) is 25.1 Å². The van der Waals surface area contributed by atoms with E-state index in [0.717, 1.165) is 11.5 Å². The summed E-state index contributed by atoms with van der Waals surface area (Å²) in [6, 6.07) is 6.66. The van der Waals surface area contributed by atoms with Crippen LogP contribution in [0.2, 0.25) is 0 Å². The van der Waals surface area contributed by atoms with E-state index in [1.165, 1.54) is 12.1 Å². The molecule has 1 aromatic rings. The first-order chi connectivity index (χ1) is 9.14. The number of nitrogens with zero attached hydrogens (tertiary/aromatic N) is 1. The zero-order valence-electron chi connectivity index (χ0n) is 13.3. The maximum atomic E-state index is 13.0. The normalized spacial score (nSPS) is 13.2. The smallest absolute Gasteiger partial charge is 0.191 e. The number of guanidine groups is 1. The predicted octanol–water partition coefficient (Wildman–Crippen LogP) is 3.07. The molecule has 0 atom stereocenters. The molecule has 0 aliphatic carbocycles. The lowest BCUT2D eigenvalue weighted by Gasteiger charge is -2.29. The summed E-state index contributed by atoms with van der Waals surface area (Å²) in [4.78, 5) is 4.22. The highest BCUT2D eigenvalue weighted by Gasteiger charge is 2.21. The number of hydrogen-bond donors (Lipinski definition) is 2. The van der Waals surface area contributed by atoms with Gasteiger partial charge in [-0.1, -0.05) is 26.0 Å². The summed E-state index contributed by atoms with van der Waals surface area (Å²) < 4.78 is 13.0. The van der Waals surface area contributed by atoms with Crippen LogP contribution in [0.5, 0.6) is 0 Å². The average Bonchev–Trinajstić information content (AvgIpc) is 2.33. The molecule has 0 spiro atoms. The van der Waals surface area contributed by atoms with Gasteiger partial charge in [0.25, 0.3) is 0 Å². The van der Waals surface area contributed by atoms with Crippen LogP contribution in [0.4, 0.5) is 4.39 Å². The Balaban J connectivity index is 2.69. The van der Waals surface area contributed by atoms with Gasteiger partial charge in [-0.2, -0.15) is 0 Å². The summed E-state index contributed by atoms with van der Waals surface area (Å²) in [5, 5.41) is 6.64. The van der Waals surface area contributed by atoms with Crippen molar-refractivity contribution in [3.63, 3.8) is 0 Å². The minimum absolute atomic E-state index is 0.0398. The molecular weight excluding hydrogens is 253 g/mol. The fourth-order valence-electron chi connectivity index (χ4n) is 1.84. The van der Waals surface area contributed by atoms with E-state index in [1.54, 1.807) is 7.05 Å². The Labute approximate surface area is 121 Å². The van der Waals surface area contributed by atoms with Gasteiger partial charge < -0.3 is 10.6 Å². The van der Waals surface area contributed by atoms with E-state index in [1.807, 2.05) is 12.1 Å². The Morgan fingerprint density at radius 3 is 2.10 bits per heavy atom. The second kappa shape index (κ2) is 6.25. The van der Waals surface area contributed by atoms with E-state index >= 15 is 0 Å². The third kappa shape index (κ3) is 5.19. The Hall–Kier alpha value is -1.58. The topological polar surface area (TPSA) is 36.4 Å². The molecule has 4 heteroatoms. The summed E-state index contributed by atoms with van der Waals surface area (Å²) >= 11 is 0. The molecule has 20 heavy (non-hydrogen) atoms. The van der Waals surface area contributed by atoms with Crippen LogP contribution < -0.4 is 10.6 Å². The van der Waals surface area contributed by atoms with Crippen molar-refractivity contribution in [2.75, 3.05) is 13.6 Å². The van der Waals surface area contributed by atoms with E-state index in [9.17, 15) is 4.39 Å². The molecule has 0 radical (unpaired) electrons. The second-order valence-electron chi connectivity index (χ2n) is 6.69. The summed E-state index contributed by atoms with van der Waals surface area (Å²) in [5.41, 5.74) is 0.947. The van der Waals surface area contributed by atoms with Crippen molar-refractivity contribution < 1.29 is 4.39 Å². The maximum Gasteiger partial charge on any atom is 0.191 e. The number of rotatable bonds is 3. The van der Waals surface area contributed by atoms with Crippen molar-refractivity contribution in [1.82, 2.24) is 10.6 Å². The van der Waals surface area contributed by atoms with E-state index in [4.69, 9.17) is 0 Å². The van der Waals surface area contributed by atoms with Crippen molar-refractivity contribution in [2.45, 2.75) is 45.6 Å². The number of halogens is 1. The highest BCUT2D eigenvalue weighted by Crippen LogP contribution is 2.22. The monoisotopic (exact) mass is 279 g/mol. The molecule has 1 rings (SSSR count). The molecule has 3 nitrogen and oxygen atoms in total. The highest BCUT2D eigenvalue weighted by atomic mass is 19.1. The zero-order valence-corrected chi connectivity index (χ0v) is 13.3. The Bertz CT molecular complexity index is 456. The molecular formula is C16H26FN3. The van der Waals surface area contributed by atoms with Gasteiger partial charge in [-0.05, 0) is 38.5 Å². The number of aliphatic imine (C=N–C) groups is 1. The van der Waals surface area contributed by atoms with Gasteiger partial charge >= 0.3 is 0 Å². The fraction of sp³-hybridized carbons (Fsp3) is 0.562. The van der Waals surface area contributed by atoms with Crippen molar-refractivity contribution in [3.05, 3.63) is 35.6 Å². The molecule has 0 amide bonds. The van der Waals surface area contributed by atoms with Gasteiger partial charge in [-0.3, -0.25) is 4.99 Å². The fourth-order valence-corrected chi connectivity index (χ4v) is 1.84. The van der Waals surface area contributed by atoms with Gasteiger partial charge in [0.05, 0.1) is 0 Å². The third-order valence-corrected chi connectivity index (χ3v) is 3.04. The van der Waals surface area contributed by atoms with Gasteiger partial charge in [0.2, 0.25) is 0 Å². The summed E-state index contributed by atoms with van der Waals surface area (Å²) in [7, 11) is 1.76. The van der Waals surface area contributed by atoms with Crippen LogP contribution in [0.3, 0.4) is 0 Å².